The van der Waals surface area contributed by atoms with E-state index in [1.807, 2.05) is 0 Å². The molecule has 1 aromatic carbocycles. The van der Waals surface area contributed by atoms with Crippen LogP contribution in [-0.2, 0) is 6.61 Å². The van der Waals surface area contributed by atoms with Crippen LogP contribution in [0.25, 0.3) is 6.08 Å². The van der Waals surface area contributed by atoms with Crippen LogP contribution < -0.4 is 0 Å². The first-order chi connectivity index (χ1) is 8.26. The lowest BCUT2D eigenvalue weighted by atomic mass is 10.0. The molecular weight excluding hydrogens is 216 g/mol. The van der Waals surface area contributed by atoms with E-state index >= 15 is 0 Å². The molecule has 0 bridgehead atoms. The Kier molecular flexibility index (Phi) is 3.16. The summed E-state index contributed by atoms with van der Waals surface area (Å²) in [5, 5.41) is 9.27. The lowest BCUT2D eigenvalue weighted by Crippen LogP contribution is -2.12. The van der Waals surface area contributed by atoms with E-state index in [0.29, 0.717) is 11.1 Å². The summed E-state index contributed by atoms with van der Waals surface area (Å²) in [5.74, 6) is -0.206. The third-order valence-corrected chi connectivity index (χ3v) is 2.50. The molecule has 0 amide bonds. The fourth-order valence-electron chi connectivity index (χ4n) is 1.60. The Morgan fingerprint density at radius 2 is 2.35 bits per heavy atom. The van der Waals surface area contributed by atoms with Crippen molar-refractivity contribution < 1.29 is 9.90 Å². The van der Waals surface area contributed by atoms with Gasteiger partial charge < -0.3 is 5.11 Å². The van der Waals surface area contributed by atoms with E-state index in [9.17, 15) is 9.90 Å². The molecule has 0 fully saturated rings. The maximum absolute atomic E-state index is 12.1. The summed E-state index contributed by atoms with van der Waals surface area (Å²) in [6.07, 6.45) is 6.22. The number of aliphatic hydroxyl groups is 1. The number of benzene rings is 1. The van der Waals surface area contributed by atoms with Crippen LogP contribution in [0.3, 0.4) is 0 Å². The topological polar surface area (TPSA) is 55.1 Å². The van der Waals surface area contributed by atoms with Crippen LogP contribution in [0.4, 0.5) is 0 Å². The number of hydrogen-bond acceptors (Lipinski definition) is 3. The number of rotatable bonds is 3. The molecule has 0 aliphatic carbocycles. The lowest BCUT2D eigenvalue weighted by molar-refractivity contribution is 0.0956. The molecule has 4 heteroatoms. The molecule has 1 heterocycles. The number of imidazole rings is 1. The van der Waals surface area contributed by atoms with E-state index in [0.717, 1.165) is 5.56 Å². The summed E-state index contributed by atoms with van der Waals surface area (Å²) < 4.78 is 1.38. The van der Waals surface area contributed by atoms with Crippen molar-refractivity contribution in [3.05, 3.63) is 60.2 Å². The quantitative estimate of drug-likeness (QED) is 0.870. The first-order valence-corrected chi connectivity index (χ1v) is 5.15. The highest BCUT2D eigenvalue weighted by Crippen LogP contribution is 2.14. The average Bonchev–Trinajstić information content (AvgIpc) is 2.91. The van der Waals surface area contributed by atoms with Crippen LogP contribution in [-0.4, -0.2) is 20.6 Å². The van der Waals surface area contributed by atoms with Gasteiger partial charge in [0.15, 0.2) is 0 Å². The number of carbonyl (C=O) groups excluding carboxylic acids is 1. The van der Waals surface area contributed by atoms with Gasteiger partial charge in [-0.1, -0.05) is 18.7 Å². The van der Waals surface area contributed by atoms with Crippen molar-refractivity contribution in [1.29, 1.82) is 0 Å². The zero-order valence-corrected chi connectivity index (χ0v) is 9.21. The maximum atomic E-state index is 12.1. The Hall–Kier alpha value is -2.20. The second kappa shape index (κ2) is 4.76. The van der Waals surface area contributed by atoms with Gasteiger partial charge in [0.25, 0.3) is 5.91 Å². The van der Waals surface area contributed by atoms with Gasteiger partial charge in [-0.05, 0) is 23.3 Å². The average molecular weight is 228 g/mol. The zero-order chi connectivity index (χ0) is 12.3. The molecule has 0 spiro atoms. The van der Waals surface area contributed by atoms with Crippen molar-refractivity contribution in [3.8, 4) is 0 Å². The molecule has 1 aromatic heterocycles. The third kappa shape index (κ3) is 2.16. The molecule has 2 rings (SSSR count). The van der Waals surface area contributed by atoms with E-state index in [4.69, 9.17) is 0 Å². The summed E-state index contributed by atoms with van der Waals surface area (Å²) in [4.78, 5) is 15.9. The fourth-order valence-corrected chi connectivity index (χ4v) is 1.60. The van der Waals surface area contributed by atoms with Crippen molar-refractivity contribution in [1.82, 2.24) is 9.55 Å². The zero-order valence-electron chi connectivity index (χ0n) is 9.21. The van der Waals surface area contributed by atoms with Crippen LogP contribution in [0, 0.1) is 0 Å². The van der Waals surface area contributed by atoms with E-state index in [1.165, 1.54) is 17.1 Å². The van der Waals surface area contributed by atoms with E-state index in [1.54, 1.807) is 30.5 Å². The predicted molar refractivity (Wildman–Crippen MR) is 64.4 cm³/mol. The first-order valence-electron chi connectivity index (χ1n) is 5.15. The predicted octanol–water partition coefficient (Wildman–Crippen LogP) is 1.71. The molecular formula is C13H12N2O2. The second-order valence-electron chi connectivity index (χ2n) is 3.55. The maximum Gasteiger partial charge on any atom is 0.263 e. The van der Waals surface area contributed by atoms with Gasteiger partial charge in [0.05, 0.1) is 6.61 Å². The molecule has 0 aliphatic heterocycles. The van der Waals surface area contributed by atoms with Gasteiger partial charge in [0.2, 0.25) is 0 Å². The van der Waals surface area contributed by atoms with E-state index < -0.39 is 0 Å². The van der Waals surface area contributed by atoms with Gasteiger partial charge in [-0.2, -0.15) is 0 Å². The van der Waals surface area contributed by atoms with Gasteiger partial charge in [-0.25, -0.2) is 4.98 Å². The minimum Gasteiger partial charge on any atom is -0.392 e. The first kappa shape index (κ1) is 11.3. The largest absolute Gasteiger partial charge is 0.392 e. The Labute approximate surface area is 98.9 Å². The molecule has 0 radical (unpaired) electrons. The highest BCUT2D eigenvalue weighted by Gasteiger charge is 2.12. The summed E-state index contributed by atoms with van der Waals surface area (Å²) in [7, 11) is 0. The SMILES string of the molecule is C=Cc1ccc(C(=O)n2ccnc2)c(CO)c1. The molecule has 2 aromatic rings. The summed E-state index contributed by atoms with van der Waals surface area (Å²) in [6.45, 7) is 3.47. The normalized spacial score (nSPS) is 10.2. The fraction of sp³-hybridized carbons (Fsp3) is 0.0769. The van der Waals surface area contributed by atoms with Gasteiger partial charge in [0.1, 0.15) is 6.33 Å². The van der Waals surface area contributed by atoms with Gasteiger partial charge in [0, 0.05) is 18.0 Å². The Balaban J connectivity index is 2.45. The highest BCUT2D eigenvalue weighted by molar-refractivity contribution is 5.97. The van der Waals surface area contributed by atoms with Crippen LogP contribution in [0.1, 0.15) is 21.5 Å². The Morgan fingerprint density at radius 3 is 2.94 bits per heavy atom. The molecule has 17 heavy (non-hydrogen) atoms. The van der Waals surface area contributed by atoms with Crippen LogP contribution in [0.5, 0.6) is 0 Å². The minimum absolute atomic E-state index is 0.183. The van der Waals surface area contributed by atoms with Crippen molar-refractivity contribution in [2.75, 3.05) is 0 Å². The lowest BCUT2D eigenvalue weighted by Gasteiger charge is -2.07. The van der Waals surface area contributed by atoms with Crippen LogP contribution >= 0.6 is 0 Å². The van der Waals surface area contributed by atoms with Gasteiger partial charge in [-0.3, -0.25) is 9.36 Å². The molecule has 0 saturated carbocycles. The molecule has 1 N–H and O–H groups in total. The standard InChI is InChI=1S/C13H12N2O2/c1-2-10-3-4-12(11(7-10)8-16)13(17)15-6-5-14-9-15/h2-7,9,16H,1,8H2. The van der Waals surface area contributed by atoms with E-state index in [-0.39, 0.29) is 12.5 Å². The highest BCUT2D eigenvalue weighted by atomic mass is 16.3. The monoisotopic (exact) mass is 228 g/mol. The second-order valence-corrected chi connectivity index (χ2v) is 3.55. The van der Waals surface area contributed by atoms with Crippen molar-refractivity contribution in [3.63, 3.8) is 0 Å². The van der Waals surface area contributed by atoms with Gasteiger partial charge >= 0.3 is 0 Å². The number of aliphatic hydroxyl groups excluding tert-OH is 1. The molecule has 0 aliphatic rings. The molecule has 4 nitrogen and oxygen atoms in total. The smallest absolute Gasteiger partial charge is 0.263 e. The Bertz CT molecular complexity index is 545. The minimum atomic E-state index is -0.206. The van der Waals surface area contributed by atoms with Crippen molar-refractivity contribution in [2.24, 2.45) is 0 Å². The van der Waals surface area contributed by atoms with Crippen LogP contribution in [0.15, 0.2) is 43.5 Å². The number of hydrogen-bond donors (Lipinski definition) is 1. The molecule has 0 saturated heterocycles. The van der Waals surface area contributed by atoms with Gasteiger partial charge in [-0.15, -0.1) is 0 Å². The summed E-state index contributed by atoms with van der Waals surface area (Å²) >= 11 is 0. The summed E-state index contributed by atoms with van der Waals surface area (Å²) in [6, 6.07) is 5.22. The van der Waals surface area contributed by atoms with E-state index in [2.05, 4.69) is 11.6 Å². The Morgan fingerprint density at radius 1 is 1.53 bits per heavy atom. The molecule has 0 atom stereocenters. The van der Waals surface area contributed by atoms with Crippen LogP contribution in [0.2, 0.25) is 0 Å². The number of nitrogens with zero attached hydrogens (tertiary/aromatic N) is 2. The number of aromatic nitrogens is 2. The van der Waals surface area contributed by atoms with Crippen molar-refractivity contribution >= 4 is 12.0 Å². The summed E-state index contributed by atoms with van der Waals surface area (Å²) in [5.41, 5.74) is 1.92. The third-order valence-electron chi connectivity index (χ3n) is 2.50. The number of carbonyl (C=O) groups is 1. The van der Waals surface area contributed by atoms with Crippen molar-refractivity contribution in [2.45, 2.75) is 6.61 Å². The molecule has 0 unspecified atom stereocenters. The molecule has 86 valence electrons.